The molecule has 1 fully saturated rings. The van der Waals surface area contributed by atoms with Crippen molar-refractivity contribution in [1.82, 2.24) is 0 Å². The molecule has 34 heavy (non-hydrogen) atoms. The topological polar surface area (TPSA) is 90.0 Å². The fourth-order valence-electron chi connectivity index (χ4n) is 3.81. The van der Waals surface area contributed by atoms with Gasteiger partial charge >= 0.3 is 11.9 Å². The molecule has 1 aromatic heterocycles. The molecular formula is C26H23NO6S. The van der Waals surface area contributed by atoms with Crippen LogP contribution < -0.4 is 9.64 Å². The van der Waals surface area contributed by atoms with Gasteiger partial charge in [-0.2, -0.15) is 0 Å². The zero-order valence-corrected chi connectivity index (χ0v) is 19.6. The van der Waals surface area contributed by atoms with E-state index < -0.39 is 24.5 Å². The average Bonchev–Trinajstić information content (AvgIpc) is 3.48. The third-order valence-electron chi connectivity index (χ3n) is 5.56. The fourth-order valence-corrected chi connectivity index (χ4v) is 4.40. The van der Waals surface area contributed by atoms with Gasteiger partial charge in [0, 0.05) is 24.2 Å². The Bertz CT molecular complexity index is 1230. The van der Waals surface area contributed by atoms with E-state index in [0.29, 0.717) is 16.2 Å². The van der Waals surface area contributed by atoms with Crippen LogP contribution in [0.4, 0.5) is 5.69 Å². The molecule has 3 aromatic rings. The van der Waals surface area contributed by atoms with Crippen molar-refractivity contribution >= 4 is 40.7 Å². The Morgan fingerprint density at radius 3 is 2.50 bits per heavy atom. The van der Waals surface area contributed by atoms with Gasteiger partial charge < -0.3 is 14.4 Å². The number of anilines is 1. The summed E-state index contributed by atoms with van der Waals surface area (Å²) in [6, 6.07) is 15.3. The molecule has 1 saturated heterocycles. The Balaban J connectivity index is 1.30. The molecule has 1 aliphatic rings. The third kappa shape index (κ3) is 5.23. The van der Waals surface area contributed by atoms with E-state index in [1.807, 2.05) is 32.0 Å². The molecule has 2 heterocycles. The molecule has 2 aromatic carbocycles. The number of hydrogen-bond donors (Lipinski definition) is 0. The van der Waals surface area contributed by atoms with Crippen LogP contribution in [0.15, 0.2) is 60.0 Å². The highest BCUT2D eigenvalue weighted by molar-refractivity contribution is 7.12. The monoisotopic (exact) mass is 477 g/mol. The molecule has 1 amide bonds. The lowest BCUT2D eigenvalue weighted by atomic mass is 10.1. The molecule has 0 saturated carbocycles. The number of ketones is 1. The number of thiophene rings is 1. The highest BCUT2D eigenvalue weighted by atomic mass is 32.1. The number of nitrogens with zero attached hydrogens (tertiary/aromatic N) is 1. The molecule has 4 rings (SSSR count). The van der Waals surface area contributed by atoms with Gasteiger partial charge in [0.1, 0.15) is 10.6 Å². The zero-order valence-electron chi connectivity index (χ0n) is 18.8. The molecule has 1 aliphatic heterocycles. The second-order valence-corrected chi connectivity index (χ2v) is 9.07. The van der Waals surface area contributed by atoms with Crippen molar-refractivity contribution in [1.29, 1.82) is 0 Å². The summed E-state index contributed by atoms with van der Waals surface area (Å²) in [4.78, 5) is 51.5. The summed E-state index contributed by atoms with van der Waals surface area (Å²) in [5, 5.41) is 1.78. The minimum absolute atomic E-state index is 0.0463. The Labute approximate surface area is 200 Å². The summed E-state index contributed by atoms with van der Waals surface area (Å²) in [7, 11) is 0. The summed E-state index contributed by atoms with van der Waals surface area (Å²) in [6.07, 6.45) is 0.0463. The number of benzene rings is 2. The standard InChI is InChI=1S/C26H23NO6S/c1-16-5-10-21(17(2)12-16)27-14-19(13-24(27)29)25(30)32-15-22(28)18-6-8-20(9-7-18)33-26(31)23-4-3-11-34-23/h3-12,19H,13-15H2,1-2H3/t19-/m1/s1. The number of amides is 1. The smallest absolute Gasteiger partial charge is 0.353 e. The average molecular weight is 478 g/mol. The lowest BCUT2D eigenvalue weighted by molar-refractivity contribution is -0.147. The second kappa shape index (κ2) is 10.0. The normalized spacial score (nSPS) is 15.3. The predicted octanol–water partition coefficient (Wildman–Crippen LogP) is 4.36. The highest BCUT2D eigenvalue weighted by Crippen LogP contribution is 2.29. The van der Waals surface area contributed by atoms with Crippen molar-refractivity contribution in [3.63, 3.8) is 0 Å². The molecule has 0 radical (unpaired) electrons. The number of esters is 2. The number of ether oxygens (including phenoxy) is 2. The SMILES string of the molecule is Cc1ccc(N2C[C@H](C(=O)OCC(=O)c3ccc(OC(=O)c4cccs4)cc3)CC2=O)c(C)c1. The molecule has 0 N–H and O–H groups in total. The van der Waals surface area contributed by atoms with Gasteiger partial charge in [0.05, 0.1) is 5.92 Å². The lowest BCUT2D eigenvalue weighted by Crippen LogP contribution is -2.27. The first-order valence-corrected chi connectivity index (χ1v) is 11.6. The summed E-state index contributed by atoms with van der Waals surface area (Å²) in [5.74, 6) is -1.89. The van der Waals surface area contributed by atoms with Crippen molar-refractivity contribution in [3.8, 4) is 5.75 Å². The number of rotatable bonds is 7. The van der Waals surface area contributed by atoms with E-state index in [9.17, 15) is 19.2 Å². The molecule has 1 atom stereocenters. The molecule has 0 unspecified atom stereocenters. The number of aryl methyl sites for hydroxylation is 2. The van der Waals surface area contributed by atoms with Gasteiger partial charge in [-0.1, -0.05) is 23.8 Å². The van der Waals surface area contributed by atoms with Crippen molar-refractivity contribution in [2.45, 2.75) is 20.3 Å². The van der Waals surface area contributed by atoms with Crippen LogP contribution in [0.5, 0.6) is 5.75 Å². The minimum Gasteiger partial charge on any atom is -0.457 e. The quantitative estimate of drug-likeness (QED) is 0.285. The van der Waals surface area contributed by atoms with Crippen LogP contribution >= 0.6 is 11.3 Å². The van der Waals surface area contributed by atoms with Crippen LogP contribution in [0, 0.1) is 19.8 Å². The molecule has 0 aliphatic carbocycles. The van der Waals surface area contributed by atoms with E-state index in [4.69, 9.17) is 9.47 Å². The first-order valence-electron chi connectivity index (χ1n) is 10.7. The summed E-state index contributed by atoms with van der Waals surface area (Å²) >= 11 is 1.28. The number of hydrogen-bond acceptors (Lipinski definition) is 7. The lowest BCUT2D eigenvalue weighted by Gasteiger charge is -2.19. The number of carbonyl (C=O) groups is 4. The maximum Gasteiger partial charge on any atom is 0.353 e. The first kappa shape index (κ1) is 23.4. The van der Waals surface area contributed by atoms with E-state index in [1.54, 1.807) is 22.4 Å². The van der Waals surface area contributed by atoms with Crippen LogP contribution in [0.25, 0.3) is 0 Å². The van der Waals surface area contributed by atoms with Gasteiger partial charge in [-0.25, -0.2) is 4.79 Å². The second-order valence-electron chi connectivity index (χ2n) is 8.12. The maximum absolute atomic E-state index is 12.5. The highest BCUT2D eigenvalue weighted by Gasteiger charge is 2.36. The van der Waals surface area contributed by atoms with Crippen molar-refractivity contribution in [2.75, 3.05) is 18.1 Å². The van der Waals surface area contributed by atoms with Gasteiger partial charge in [-0.05, 0) is 61.2 Å². The molecule has 8 heteroatoms. The van der Waals surface area contributed by atoms with Gasteiger partial charge in [0.25, 0.3) is 0 Å². The Morgan fingerprint density at radius 1 is 1.06 bits per heavy atom. The summed E-state index contributed by atoms with van der Waals surface area (Å²) < 4.78 is 10.5. The van der Waals surface area contributed by atoms with Crippen LogP contribution in [0.2, 0.25) is 0 Å². The third-order valence-corrected chi connectivity index (χ3v) is 6.41. The van der Waals surface area contributed by atoms with Crippen molar-refractivity contribution < 1.29 is 28.7 Å². The summed E-state index contributed by atoms with van der Waals surface area (Å²) in [5.41, 5.74) is 3.16. The molecule has 0 spiro atoms. The summed E-state index contributed by atoms with van der Waals surface area (Å²) in [6.45, 7) is 3.70. The number of Topliss-reactive ketones (excluding diaryl/α,β-unsaturated/α-hetero) is 1. The van der Waals surface area contributed by atoms with E-state index in [1.165, 1.54) is 35.6 Å². The Morgan fingerprint density at radius 2 is 1.82 bits per heavy atom. The fraction of sp³-hybridized carbons (Fsp3) is 0.231. The van der Waals surface area contributed by atoms with E-state index in [-0.39, 0.29) is 24.7 Å². The maximum atomic E-state index is 12.5. The van der Waals surface area contributed by atoms with E-state index >= 15 is 0 Å². The van der Waals surface area contributed by atoms with E-state index in [0.717, 1.165) is 16.8 Å². The predicted molar refractivity (Wildman–Crippen MR) is 127 cm³/mol. The Hall–Kier alpha value is -3.78. The van der Waals surface area contributed by atoms with Gasteiger partial charge in [0.15, 0.2) is 12.4 Å². The van der Waals surface area contributed by atoms with Gasteiger partial charge in [-0.3, -0.25) is 14.4 Å². The molecule has 174 valence electrons. The van der Waals surface area contributed by atoms with Crippen molar-refractivity contribution in [2.24, 2.45) is 5.92 Å². The first-order chi connectivity index (χ1) is 16.3. The minimum atomic E-state index is -0.625. The number of carbonyl (C=O) groups excluding carboxylic acids is 4. The molecule has 0 bridgehead atoms. The van der Waals surface area contributed by atoms with Crippen LogP contribution in [-0.4, -0.2) is 36.8 Å². The zero-order chi connectivity index (χ0) is 24.2. The Kier molecular flexibility index (Phi) is 6.88. The van der Waals surface area contributed by atoms with Crippen molar-refractivity contribution in [3.05, 3.63) is 81.5 Å². The van der Waals surface area contributed by atoms with Crippen LogP contribution in [0.1, 0.15) is 37.6 Å². The van der Waals surface area contributed by atoms with Crippen LogP contribution in [-0.2, 0) is 14.3 Å². The molecular weight excluding hydrogens is 454 g/mol. The largest absolute Gasteiger partial charge is 0.457 e. The van der Waals surface area contributed by atoms with E-state index in [2.05, 4.69) is 0 Å². The van der Waals surface area contributed by atoms with Gasteiger partial charge in [-0.15, -0.1) is 11.3 Å². The van der Waals surface area contributed by atoms with Gasteiger partial charge in [0.2, 0.25) is 5.91 Å². The molecule has 7 nitrogen and oxygen atoms in total. The van der Waals surface area contributed by atoms with Crippen LogP contribution in [0.3, 0.4) is 0 Å².